The van der Waals surface area contributed by atoms with Crippen molar-refractivity contribution in [3.8, 4) is 0 Å². The lowest BCUT2D eigenvalue weighted by Gasteiger charge is -2.06. The molecule has 3 aromatic rings. The molecule has 10 heteroatoms. The summed E-state index contributed by atoms with van der Waals surface area (Å²) in [5.41, 5.74) is 7.73. The molecule has 3 rings (SSSR count). The fraction of sp³-hybridized carbons (Fsp3) is 0.238. The Morgan fingerprint density at radius 3 is 2.26 bits per heavy atom. The van der Waals surface area contributed by atoms with Gasteiger partial charge in [0.1, 0.15) is 0 Å². The van der Waals surface area contributed by atoms with Gasteiger partial charge in [-0.1, -0.05) is 84.6 Å². The van der Waals surface area contributed by atoms with Crippen molar-refractivity contribution in [2.24, 2.45) is 0 Å². The van der Waals surface area contributed by atoms with Gasteiger partial charge >= 0.3 is 0 Å². The lowest BCUT2D eigenvalue weighted by atomic mass is 10.0. The van der Waals surface area contributed by atoms with E-state index in [9.17, 15) is 9.59 Å². The number of aromatic nitrogens is 2. The van der Waals surface area contributed by atoms with Crippen molar-refractivity contribution in [2.75, 3.05) is 5.75 Å². The molecular formula is C21H21ClN4O2S3. The van der Waals surface area contributed by atoms with Crippen LogP contribution in [-0.4, -0.2) is 27.8 Å². The van der Waals surface area contributed by atoms with Crippen LogP contribution in [0, 0.1) is 0 Å². The molecule has 0 bridgehead atoms. The Labute approximate surface area is 198 Å². The molecule has 2 aromatic carbocycles. The summed E-state index contributed by atoms with van der Waals surface area (Å²) in [5, 5.41) is 8.83. The minimum absolute atomic E-state index is 0.122. The van der Waals surface area contributed by atoms with Crippen LogP contribution in [0.5, 0.6) is 0 Å². The van der Waals surface area contributed by atoms with Gasteiger partial charge in [-0.25, -0.2) is 0 Å². The molecule has 0 saturated heterocycles. The van der Waals surface area contributed by atoms with E-state index in [0.717, 1.165) is 10.1 Å². The lowest BCUT2D eigenvalue weighted by Crippen LogP contribution is -2.42. The average molecular weight is 493 g/mol. The second kappa shape index (κ2) is 11.5. The van der Waals surface area contributed by atoms with Crippen LogP contribution in [0.1, 0.15) is 41.3 Å². The van der Waals surface area contributed by atoms with Crippen LogP contribution in [-0.2, 0) is 10.5 Å². The quantitative estimate of drug-likeness (QED) is 0.334. The molecule has 0 aliphatic heterocycles. The molecule has 0 saturated carbocycles. The highest BCUT2D eigenvalue weighted by Crippen LogP contribution is 2.30. The Morgan fingerprint density at radius 2 is 1.61 bits per heavy atom. The van der Waals surface area contributed by atoms with Crippen molar-refractivity contribution in [3.05, 3.63) is 70.2 Å². The number of carbonyl (C=O) groups excluding carboxylic acids is 2. The fourth-order valence-electron chi connectivity index (χ4n) is 2.42. The van der Waals surface area contributed by atoms with Gasteiger partial charge in [0.05, 0.1) is 5.75 Å². The number of hydrogen-bond donors (Lipinski definition) is 2. The van der Waals surface area contributed by atoms with E-state index in [2.05, 4.69) is 59.2 Å². The van der Waals surface area contributed by atoms with E-state index in [-0.39, 0.29) is 11.7 Å². The highest BCUT2D eigenvalue weighted by molar-refractivity contribution is 8.03. The minimum atomic E-state index is -0.411. The number of carbonyl (C=O) groups is 2. The highest BCUT2D eigenvalue weighted by Gasteiger charge is 2.11. The van der Waals surface area contributed by atoms with Crippen molar-refractivity contribution >= 4 is 58.3 Å². The number of thioether (sulfide) groups is 2. The summed E-state index contributed by atoms with van der Waals surface area (Å²) in [5.74, 6) is 0.714. The molecule has 0 aliphatic rings. The van der Waals surface area contributed by atoms with Crippen LogP contribution in [0.3, 0.4) is 0 Å². The van der Waals surface area contributed by atoms with E-state index in [0.29, 0.717) is 20.8 Å². The topological polar surface area (TPSA) is 84.0 Å². The van der Waals surface area contributed by atoms with Gasteiger partial charge in [-0.2, -0.15) is 0 Å². The van der Waals surface area contributed by atoms with Crippen LogP contribution < -0.4 is 10.9 Å². The summed E-state index contributed by atoms with van der Waals surface area (Å²) in [7, 11) is 0. The summed E-state index contributed by atoms with van der Waals surface area (Å²) < 4.78 is 1.56. The minimum Gasteiger partial charge on any atom is -0.272 e. The van der Waals surface area contributed by atoms with Gasteiger partial charge in [0.25, 0.3) is 5.91 Å². The predicted octanol–water partition coefficient (Wildman–Crippen LogP) is 5.16. The molecule has 0 aliphatic carbocycles. The summed E-state index contributed by atoms with van der Waals surface area (Å²) in [6.07, 6.45) is 0. The Bertz CT molecular complexity index is 1020. The molecule has 162 valence electrons. The van der Waals surface area contributed by atoms with Crippen LogP contribution in [0.25, 0.3) is 0 Å². The SMILES string of the molecule is CC(C)c1ccc(CSc2nnc(SCC(=O)NNC(=O)c3ccc(Cl)cc3)s2)cc1. The molecule has 0 radical (unpaired) electrons. The van der Waals surface area contributed by atoms with Crippen molar-refractivity contribution in [1.82, 2.24) is 21.0 Å². The molecule has 6 nitrogen and oxygen atoms in total. The largest absolute Gasteiger partial charge is 0.272 e. The average Bonchev–Trinajstić information content (AvgIpc) is 3.23. The Morgan fingerprint density at radius 1 is 0.968 bits per heavy atom. The van der Waals surface area contributed by atoms with Crippen molar-refractivity contribution in [2.45, 2.75) is 34.2 Å². The van der Waals surface area contributed by atoms with Crippen molar-refractivity contribution in [1.29, 1.82) is 0 Å². The number of benzene rings is 2. The van der Waals surface area contributed by atoms with Crippen molar-refractivity contribution < 1.29 is 9.59 Å². The zero-order valence-corrected chi connectivity index (χ0v) is 20.1. The first-order chi connectivity index (χ1) is 14.9. The van der Waals surface area contributed by atoms with Crippen LogP contribution in [0.15, 0.2) is 57.2 Å². The monoisotopic (exact) mass is 492 g/mol. The number of rotatable bonds is 8. The maximum absolute atomic E-state index is 12.0. The molecular weight excluding hydrogens is 472 g/mol. The first kappa shape index (κ1) is 23.6. The fourth-order valence-corrected chi connectivity index (χ4v) is 5.32. The second-order valence-electron chi connectivity index (χ2n) is 6.82. The normalized spacial score (nSPS) is 10.8. The number of amides is 2. The molecule has 0 fully saturated rings. The molecule has 31 heavy (non-hydrogen) atoms. The number of hydrogen-bond acceptors (Lipinski definition) is 7. The van der Waals surface area contributed by atoms with Gasteiger partial charge in [-0.3, -0.25) is 20.4 Å². The predicted molar refractivity (Wildman–Crippen MR) is 128 cm³/mol. The third kappa shape index (κ3) is 7.53. The van der Waals surface area contributed by atoms with Gasteiger partial charge in [0, 0.05) is 16.3 Å². The smallest absolute Gasteiger partial charge is 0.269 e. The molecule has 0 unspecified atom stereocenters. The molecule has 1 heterocycles. The second-order valence-corrected chi connectivity index (χ2v) is 10.7. The number of halogens is 1. The first-order valence-electron chi connectivity index (χ1n) is 9.43. The Balaban J connectivity index is 1.39. The molecule has 0 atom stereocenters. The lowest BCUT2D eigenvalue weighted by molar-refractivity contribution is -0.119. The Hall–Kier alpha value is -2.07. The number of hydrazine groups is 1. The van der Waals surface area contributed by atoms with Gasteiger partial charge in [0.2, 0.25) is 5.91 Å². The zero-order chi connectivity index (χ0) is 22.2. The van der Waals surface area contributed by atoms with Crippen LogP contribution >= 0.6 is 46.5 Å². The van der Waals surface area contributed by atoms with Gasteiger partial charge < -0.3 is 0 Å². The highest BCUT2D eigenvalue weighted by atomic mass is 35.5. The van der Waals surface area contributed by atoms with E-state index < -0.39 is 5.91 Å². The summed E-state index contributed by atoms with van der Waals surface area (Å²) >= 11 is 10.1. The van der Waals surface area contributed by atoms with E-state index >= 15 is 0 Å². The van der Waals surface area contributed by atoms with E-state index in [4.69, 9.17) is 11.6 Å². The first-order valence-corrected chi connectivity index (χ1v) is 12.6. The summed E-state index contributed by atoms with van der Waals surface area (Å²) in [4.78, 5) is 24.0. The third-order valence-electron chi connectivity index (χ3n) is 4.15. The van der Waals surface area contributed by atoms with Gasteiger partial charge in [-0.15, -0.1) is 10.2 Å². The van der Waals surface area contributed by atoms with Crippen LogP contribution in [0.2, 0.25) is 5.02 Å². The molecule has 1 aromatic heterocycles. The zero-order valence-electron chi connectivity index (χ0n) is 16.9. The maximum atomic E-state index is 12.0. The summed E-state index contributed by atoms with van der Waals surface area (Å²) in [6.45, 7) is 4.36. The molecule has 2 N–H and O–H groups in total. The van der Waals surface area contributed by atoms with Crippen molar-refractivity contribution in [3.63, 3.8) is 0 Å². The molecule has 0 spiro atoms. The summed E-state index contributed by atoms with van der Waals surface area (Å²) in [6, 6.07) is 15.0. The van der Waals surface area contributed by atoms with E-state index in [1.165, 1.54) is 34.2 Å². The number of nitrogens with zero attached hydrogens (tertiary/aromatic N) is 2. The van der Waals surface area contributed by atoms with Crippen LogP contribution in [0.4, 0.5) is 0 Å². The van der Waals surface area contributed by atoms with E-state index in [1.54, 1.807) is 36.0 Å². The van der Waals surface area contributed by atoms with E-state index in [1.807, 2.05) is 0 Å². The Kier molecular flexibility index (Phi) is 8.77. The van der Waals surface area contributed by atoms with Gasteiger partial charge in [0.15, 0.2) is 8.68 Å². The maximum Gasteiger partial charge on any atom is 0.269 e. The van der Waals surface area contributed by atoms with Gasteiger partial charge in [-0.05, 0) is 41.3 Å². The third-order valence-corrected chi connectivity index (χ3v) is 7.66. The molecule has 2 amide bonds. The number of nitrogens with one attached hydrogen (secondary N) is 2. The standard InChI is InChI=1S/C21H21ClN4O2S3/c1-13(2)15-5-3-14(4-6-15)11-29-20-25-26-21(31-20)30-12-18(27)23-24-19(28)16-7-9-17(22)10-8-16/h3-10,13H,11-12H2,1-2H3,(H,23,27)(H,24,28).